The predicted octanol–water partition coefficient (Wildman–Crippen LogP) is 1.29. The summed E-state index contributed by atoms with van der Waals surface area (Å²) in [5, 5.41) is 9.95. The fourth-order valence-corrected chi connectivity index (χ4v) is 3.81. The van der Waals surface area contributed by atoms with Crippen LogP contribution in [0.1, 0.15) is 12.5 Å². The average Bonchev–Trinajstić information content (AvgIpc) is 3.05. The molecule has 0 saturated heterocycles. The van der Waals surface area contributed by atoms with E-state index in [1.807, 2.05) is 25.1 Å². The number of methoxy groups -OCH3 is 1. The number of quaternary nitrogens is 1. The van der Waals surface area contributed by atoms with Crippen LogP contribution in [0, 0.1) is 0 Å². The number of anilines is 1. The molecule has 3 aromatic rings. The third kappa shape index (κ3) is 3.77. The summed E-state index contributed by atoms with van der Waals surface area (Å²) in [7, 11) is 1.69. The Balaban J connectivity index is 1.54. The van der Waals surface area contributed by atoms with E-state index in [1.165, 1.54) is 10.5 Å². The van der Waals surface area contributed by atoms with Crippen LogP contribution in [-0.4, -0.2) is 47.6 Å². The minimum atomic E-state index is -0.390. The van der Waals surface area contributed by atoms with Gasteiger partial charge in [0.05, 0.1) is 37.3 Å². The molecule has 0 aliphatic carbocycles. The molecule has 4 rings (SSSR count). The number of imidazole rings is 1. The van der Waals surface area contributed by atoms with Gasteiger partial charge in [-0.25, -0.2) is 4.98 Å². The maximum absolute atomic E-state index is 9.95. The van der Waals surface area contributed by atoms with Crippen molar-refractivity contribution in [1.29, 1.82) is 0 Å². The molecule has 1 unspecified atom stereocenters. The van der Waals surface area contributed by atoms with Crippen LogP contribution in [0.3, 0.4) is 0 Å². The van der Waals surface area contributed by atoms with Gasteiger partial charge in [0.15, 0.2) is 13.3 Å². The first kappa shape index (κ1) is 17.8. The third-order valence-corrected chi connectivity index (χ3v) is 5.12. The number of hydrogen-bond acceptors (Lipinski definition) is 4. The summed E-state index contributed by atoms with van der Waals surface area (Å²) < 4.78 is 7.52. The number of β-amino-alcohol motifs (C(OH)–C–C–N with tert-alkyl or cyclic N) is 1. The van der Waals surface area contributed by atoms with E-state index in [0.717, 1.165) is 49.0 Å². The average molecular weight is 367 g/mol. The third-order valence-electron chi connectivity index (χ3n) is 5.12. The summed E-state index contributed by atoms with van der Waals surface area (Å²) in [6.45, 7) is 5.19. The second-order valence-electron chi connectivity index (χ2n) is 7.31. The van der Waals surface area contributed by atoms with Gasteiger partial charge in [0.25, 0.3) is 0 Å². The van der Waals surface area contributed by atoms with Crippen LogP contribution in [0.25, 0.3) is 11.0 Å². The first-order valence-electron chi connectivity index (χ1n) is 9.49. The predicted molar refractivity (Wildman–Crippen MR) is 106 cm³/mol. The Hall–Kier alpha value is -2.57. The Morgan fingerprint density at radius 1 is 1.15 bits per heavy atom. The molecule has 2 aromatic carbocycles. The highest BCUT2D eigenvalue weighted by atomic mass is 16.5. The largest absolute Gasteiger partial charge is 0.497 e. The highest BCUT2D eigenvalue weighted by Gasteiger charge is 2.28. The zero-order valence-electron chi connectivity index (χ0n) is 15.9. The van der Waals surface area contributed by atoms with Crippen molar-refractivity contribution in [1.82, 2.24) is 9.55 Å². The molecular formula is C21H27N4O2+. The summed E-state index contributed by atoms with van der Waals surface area (Å²) >= 11 is 0. The standard InChI is InChI=1S/C21H26N4O2/c1-16(26)13-24-14-23(12-11-17-7-9-18(27-2)10-8-17)15-25-20-6-4-3-5-19(20)22-21(24)25/h3-10,16,26H,11-15H2,1-2H3/p+1/t16-/m1/s1. The summed E-state index contributed by atoms with van der Waals surface area (Å²) in [6, 6.07) is 16.6. The molecule has 0 saturated carbocycles. The van der Waals surface area contributed by atoms with Crippen molar-refractivity contribution < 1.29 is 14.7 Å². The van der Waals surface area contributed by atoms with Gasteiger partial charge in [-0.05, 0) is 36.8 Å². The highest BCUT2D eigenvalue weighted by Crippen LogP contribution is 2.23. The number of para-hydroxylation sites is 2. The van der Waals surface area contributed by atoms with Crippen molar-refractivity contribution in [2.24, 2.45) is 0 Å². The lowest BCUT2D eigenvalue weighted by atomic mass is 10.1. The van der Waals surface area contributed by atoms with Gasteiger partial charge in [0, 0.05) is 6.42 Å². The quantitative estimate of drug-likeness (QED) is 0.689. The van der Waals surface area contributed by atoms with Gasteiger partial charge in [0.2, 0.25) is 5.95 Å². The maximum Gasteiger partial charge on any atom is 0.215 e. The van der Waals surface area contributed by atoms with Crippen LogP contribution in [0.15, 0.2) is 48.5 Å². The van der Waals surface area contributed by atoms with E-state index < -0.39 is 0 Å². The molecule has 0 radical (unpaired) electrons. The zero-order valence-corrected chi connectivity index (χ0v) is 15.9. The van der Waals surface area contributed by atoms with Crippen molar-refractivity contribution in [2.45, 2.75) is 26.1 Å². The van der Waals surface area contributed by atoms with Gasteiger partial charge in [-0.1, -0.05) is 24.3 Å². The molecule has 2 atom stereocenters. The number of aliphatic hydroxyl groups is 1. The van der Waals surface area contributed by atoms with Crippen LogP contribution >= 0.6 is 0 Å². The topological polar surface area (TPSA) is 55.0 Å². The zero-order chi connectivity index (χ0) is 18.8. The molecule has 1 aliphatic heterocycles. The second kappa shape index (κ2) is 7.58. The summed E-state index contributed by atoms with van der Waals surface area (Å²) in [4.78, 5) is 8.48. The van der Waals surface area contributed by atoms with Gasteiger partial charge >= 0.3 is 0 Å². The fraction of sp³-hybridized carbons (Fsp3) is 0.381. The lowest BCUT2D eigenvalue weighted by Gasteiger charge is -2.35. The summed E-state index contributed by atoms with van der Waals surface area (Å²) in [5.74, 6) is 1.85. The maximum atomic E-state index is 9.95. The molecule has 1 aliphatic rings. The van der Waals surface area contributed by atoms with Crippen molar-refractivity contribution in [3.05, 3.63) is 54.1 Å². The monoisotopic (exact) mass is 367 g/mol. The molecule has 2 N–H and O–H groups in total. The molecule has 2 heterocycles. The highest BCUT2D eigenvalue weighted by molar-refractivity contribution is 5.78. The molecule has 0 spiro atoms. The molecule has 0 amide bonds. The molecule has 27 heavy (non-hydrogen) atoms. The number of nitrogens with zero attached hydrogens (tertiary/aromatic N) is 3. The van der Waals surface area contributed by atoms with Crippen LogP contribution in [0.5, 0.6) is 5.75 Å². The number of fused-ring (bicyclic) bond motifs is 3. The Morgan fingerprint density at radius 3 is 2.67 bits per heavy atom. The van der Waals surface area contributed by atoms with Crippen LogP contribution in [-0.2, 0) is 13.1 Å². The normalized spacial score (nSPS) is 17.7. The molecular weight excluding hydrogens is 340 g/mol. The molecule has 6 nitrogen and oxygen atoms in total. The van der Waals surface area contributed by atoms with E-state index in [4.69, 9.17) is 9.72 Å². The number of aliphatic hydroxyl groups excluding tert-OH is 1. The fourth-order valence-electron chi connectivity index (χ4n) is 3.81. The van der Waals surface area contributed by atoms with E-state index in [1.54, 1.807) is 7.11 Å². The molecule has 0 fully saturated rings. The summed E-state index contributed by atoms with van der Waals surface area (Å²) in [5.41, 5.74) is 3.48. The van der Waals surface area contributed by atoms with Gasteiger partial charge < -0.3 is 14.7 Å². The van der Waals surface area contributed by atoms with E-state index in [9.17, 15) is 5.11 Å². The van der Waals surface area contributed by atoms with Gasteiger partial charge in [0.1, 0.15) is 5.75 Å². The SMILES string of the molecule is COc1ccc(CC[NH+]2CN(C[C@@H](C)O)c3nc4ccccc4n3C2)cc1. The molecule has 6 heteroatoms. The molecule has 142 valence electrons. The first-order valence-corrected chi connectivity index (χ1v) is 9.49. The number of nitrogens with one attached hydrogen (secondary N) is 1. The minimum absolute atomic E-state index is 0.390. The Bertz CT molecular complexity index is 904. The smallest absolute Gasteiger partial charge is 0.215 e. The van der Waals surface area contributed by atoms with E-state index in [0.29, 0.717) is 6.54 Å². The van der Waals surface area contributed by atoms with Crippen molar-refractivity contribution in [3.63, 3.8) is 0 Å². The minimum Gasteiger partial charge on any atom is -0.497 e. The van der Waals surface area contributed by atoms with Gasteiger partial charge in [-0.3, -0.25) is 9.47 Å². The molecule has 1 aromatic heterocycles. The second-order valence-corrected chi connectivity index (χ2v) is 7.31. The Kier molecular flexibility index (Phi) is 5.01. The molecule has 0 bridgehead atoms. The van der Waals surface area contributed by atoms with Gasteiger partial charge in [-0.2, -0.15) is 0 Å². The van der Waals surface area contributed by atoms with Crippen LogP contribution < -0.4 is 14.5 Å². The van der Waals surface area contributed by atoms with Crippen molar-refractivity contribution >= 4 is 17.0 Å². The first-order chi connectivity index (χ1) is 13.1. The van der Waals surface area contributed by atoms with Crippen LogP contribution in [0.4, 0.5) is 5.95 Å². The number of hydrogen-bond donors (Lipinski definition) is 2. The number of aromatic nitrogens is 2. The van der Waals surface area contributed by atoms with Crippen molar-refractivity contribution in [3.8, 4) is 5.75 Å². The Morgan fingerprint density at radius 2 is 1.93 bits per heavy atom. The Labute approximate surface area is 159 Å². The van der Waals surface area contributed by atoms with E-state index >= 15 is 0 Å². The van der Waals surface area contributed by atoms with Crippen LogP contribution in [0.2, 0.25) is 0 Å². The lowest BCUT2D eigenvalue weighted by molar-refractivity contribution is -0.924. The number of rotatable bonds is 6. The number of benzene rings is 2. The van der Waals surface area contributed by atoms with E-state index in [2.05, 4.69) is 39.8 Å². The lowest BCUT2D eigenvalue weighted by Crippen LogP contribution is -3.14. The van der Waals surface area contributed by atoms with Gasteiger partial charge in [-0.15, -0.1) is 0 Å². The van der Waals surface area contributed by atoms with E-state index in [-0.39, 0.29) is 6.10 Å². The number of ether oxygens (including phenoxy) is 1. The summed E-state index contributed by atoms with van der Waals surface area (Å²) in [6.07, 6.45) is 0.614. The van der Waals surface area contributed by atoms with Crippen molar-refractivity contribution in [2.75, 3.05) is 31.8 Å².